The highest BCUT2D eigenvalue weighted by molar-refractivity contribution is 5.99. The number of fused-ring (bicyclic) bond motifs is 3. The first-order valence-electron chi connectivity index (χ1n) is 8.49. The molecule has 1 amide bonds. The first-order chi connectivity index (χ1) is 12.0. The Balaban J connectivity index is 1.94. The summed E-state index contributed by atoms with van der Waals surface area (Å²) in [4.78, 5) is 14.1. The van der Waals surface area contributed by atoms with Gasteiger partial charge in [-0.1, -0.05) is 30.3 Å². The Morgan fingerprint density at radius 3 is 2.68 bits per heavy atom. The number of aromatic nitrogens is 2. The second-order valence-corrected chi connectivity index (χ2v) is 7.09. The average molecular weight is 332 g/mol. The average Bonchev–Trinajstić information content (AvgIpc) is 2.96. The molecule has 126 valence electrons. The van der Waals surface area contributed by atoms with E-state index < -0.39 is 5.41 Å². The maximum absolute atomic E-state index is 12.4. The smallest absolute Gasteiger partial charge is 0.264 e. The summed E-state index contributed by atoms with van der Waals surface area (Å²) in [6, 6.07) is 12.4. The van der Waals surface area contributed by atoms with E-state index in [2.05, 4.69) is 25.1 Å². The molecule has 0 saturated carbocycles. The Kier molecular flexibility index (Phi) is 3.33. The van der Waals surface area contributed by atoms with E-state index >= 15 is 0 Å². The molecule has 1 aromatic heterocycles. The van der Waals surface area contributed by atoms with Crippen LogP contribution in [0.25, 0.3) is 11.3 Å². The van der Waals surface area contributed by atoms with Crippen LogP contribution in [0.2, 0.25) is 0 Å². The molecule has 2 unspecified atom stereocenters. The maximum Gasteiger partial charge on any atom is 0.264 e. The van der Waals surface area contributed by atoms with Gasteiger partial charge in [0.25, 0.3) is 5.91 Å². The van der Waals surface area contributed by atoms with Crippen LogP contribution in [-0.2, 0) is 23.7 Å². The van der Waals surface area contributed by atoms with Gasteiger partial charge < -0.3 is 4.90 Å². The van der Waals surface area contributed by atoms with E-state index in [0.717, 1.165) is 29.8 Å². The first kappa shape index (κ1) is 15.6. The molecule has 2 aromatic rings. The molecule has 4 rings (SSSR count). The standard InChI is InChI=1S/C20H20N4O/c1-20-11-14(12-21)19(25)23(2)16(20)10-9-15-17(24(3)22-18(15)20)13-7-5-4-6-8-13/h4-8,11,16H,9-10H2,1-3H3. The molecular weight excluding hydrogens is 312 g/mol. The zero-order valence-electron chi connectivity index (χ0n) is 14.7. The fraction of sp³-hybridized carbons (Fsp3) is 0.350. The second-order valence-electron chi connectivity index (χ2n) is 7.09. The number of nitrogens with zero attached hydrogens (tertiary/aromatic N) is 4. The number of carbonyl (C=O) groups is 1. The van der Waals surface area contributed by atoms with Gasteiger partial charge in [-0.25, -0.2) is 0 Å². The lowest BCUT2D eigenvalue weighted by molar-refractivity contribution is -0.130. The van der Waals surface area contributed by atoms with Crippen LogP contribution in [0, 0.1) is 11.3 Å². The highest BCUT2D eigenvalue weighted by Crippen LogP contribution is 2.46. The van der Waals surface area contributed by atoms with Crippen molar-refractivity contribution in [1.29, 1.82) is 5.26 Å². The van der Waals surface area contributed by atoms with Crippen LogP contribution in [0.1, 0.15) is 24.6 Å². The summed E-state index contributed by atoms with van der Waals surface area (Å²) in [5.41, 5.74) is 4.25. The Morgan fingerprint density at radius 1 is 1.28 bits per heavy atom. The van der Waals surface area contributed by atoms with Crippen molar-refractivity contribution in [3.63, 3.8) is 0 Å². The number of aryl methyl sites for hydroxylation is 1. The maximum atomic E-state index is 12.4. The van der Waals surface area contributed by atoms with Crippen LogP contribution in [0.5, 0.6) is 0 Å². The molecular formula is C20H20N4O. The minimum Gasteiger partial charge on any atom is -0.337 e. The van der Waals surface area contributed by atoms with E-state index in [9.17, 15) is 10.1 Å². The molecule has 25 heavy (non-hydrogen) atoms. The molecule has 0 fully saturated rings. The SMILES string of the molecule is CN1C(=O)C(C#N)=CC2(C)c3nn(C)c(-c4ccccc4)c3CCC12. The molecule has 1 aliphatic heterocycles. The van der Waals surface area contributed by atoms with Gasteiger partial charge in [-0.15, -0.1) is 0 Å². The summed E-state index contributed by atoms with van der Waals surface area (Å²) in [5, 5.41) is 14.2. The number of hydrogen-bond acceptors (Lipinski definition) is 3. The van der Waals surface area contributed by atoms with Crippen LogP contribution in [0.3, 0.4) is 0 Å². The van der Waals surface area contributed by atoms with Gasteiger partial charge in [-0.05, 0) is 25.8 Å². The Hall–Kier alpha value is -2.87. The lowest BCUT2D eigenvalue weighted by Gasteiger charge is -2.46. The summed E-state index contributed by atoms with van der Waals surface area (Å²) in [6.07, 6.45) is 3.58. The van der Waals surface area contributed by atoms with Crippen molar-refractivity contribution in [2.75, 3.05) is 7.05 Å². The third-order valence-corrected chi connectivity index (χ3v) is 5.65. The summed E-state index contributed by atoms with van der Waals surface area (Å²) >= 11 is 0. The molecule has 0 bridgehead atoms. The fourth-order valence-corrected chi connectivity index (χ4v) is 4.47. The number of hydrogen-bond donors (Lipinski definition) is 0. The zero-order chi connectivity index (χ0) is 17.8. The van der Waals surface area contributed by atoms with E-state index in [-0.39, 0.29) is 17.5 Å². The third kappa shape index (κ3) is 2.07. The van der Waals surface area contributed by atoms with Gasteiger partial charge in [0, 0.05) is 31.3 Å². The molecule has 0 spiro atoms. The van der Waals surface area contributed by atoms with Gasteiger partial charge in [0.1, 0.15) is 11.6 Å². The van der Waals surface area contributed by atoms with Gasteiger partial charge in [-0.2, -0.15) is 10.4 Å². The second kappa shape index (κ2) is 5.32. The van der Waals surface area contributed by atoms with Crippen molar-refractivity contribution < 1.29 is 4.79 Å². The number of rotatable bonds is 1. The van der Waals surface area contributed by atoms with E-state index in [4.69, 9.17) is 5.10 Å². The van der Waals surface area contributed by atoms with Crippen LogP contribution in [0.4, 0.5) is 0 Å². The van der Waals surface area contributed by atoms with Crippen LogP contribution < -0.4 is 0 Å². The molecule has 1 aromatic carbocycles. The summed E-state index contributed by atoms with van der Waals surface area (Å²) in [6.45, 7) is 2.09. The van der Waals surface area contributed by atoms with Crippen molar-refractivity contribution in [3.05, 3.63) is 53.2 Å². The van der Waals surface area contributed by atoms with E-state index in [1.807, 2.05) is 36.0 Å². The monoisotopic (exact) mass is 332 g/mol. The topological polar surface area (TPSA) is 61.9 Å². The largest absolute Gasteiger partial charge is 0.337 e. The van der Waals surface area contributed by atoms with Crippen molar-refractivity contribution in [2.24, 2.45) is 7.05 Å². The summed E-state index contributed by atoms with van der Waals surface area (Å²) in [7, 11) is 3.76. The molecule has 2 heterocycles. The van der Waals surface area contributed by atoms with Gasteiger partial charge in [0.15, 0.2) is 0 Å². The molecule has 1 aliphatic carbocycles. The number of nitriles is 1. The normalized spacial score (nSPS) is 25.0. The lowest BCUT2D eigenvalue weighted by Crippen LogP contribution is -2.55. The van der Waals surface area contributed by atoms with E-state index in [1.165, 1.54) is 5.56 Å². The van der Waals surface area contributed by atoms with Crippen LogP contribution >= 0.6 is 0 Å². The van der Waals surface area contributed by atoms with E-state index in [1.54, 1.807) is 11.9 Å². The van der Waals surface area contributed by atoms with Crippen molar-refractivity contribution >= 4 is 5.91 Å². The predicted molar refractivity (Wildman–Crippen MR) is 94.6 cm³/mol. The molecule has 0 N–H and O–H groups in total. The minimum atomic E-state index is -0.438. The quantitative estimate of drug-likeness (QED) is 0.806. The molecule has 0 radical (unpaired) electrons. The Morgan fingerprint density at radius 2 is 2.00 bits per heavy atom. The molecule has 5 nitrogen and oxygen atoms in total. The number of likely N-dealkylation sites (N-methyl/N-ethyl adjacent to an activating group) is 1. The zero-order valence-corrected chi connectivity index (χ0v) is 14.7. The minimum absolute atomic E-state index is 0.0307. The summed E-state index contributed by atoms with van der Waals surface area (Å²) in [5.74, 6) is -0.187. The molecule has 2 atom stereocenters. The number of amides is 1. The third-order valence-electron chi connectivity index (χ3n) is 5.65. The first-order valence-corrected chi connectivity index (χ1v) is 8.49. The van der Waals surface area contributed by atoms with Crippen molar-refractivity contribution in [2.45, 2.75) is 31.2 Å². The van der Waals surface area contributed by atoms with Gasteiger partial charge in [-0.3, -0.25) is 9.48 Å². The molecule has 0 saturated heterocycles. The fourth-order valence-electron chi connectivity index (χ4n) is 4.47. The number of benzene rings is 1. The molecule has 5 heteroatoms. The van der Waals surface area contributed by atoms with Crippen LogP contribution in [-0.4, -0.2) is 33.7 Å². The van der Waals surface area contributed by atoms with E-state index in [0.29, 0.717) is 0 Å². The lowest BCUT2D eigenvalue weighted by atomic mass is 9.67. The summed E-state index contributed by atoms with van der Waals surface area (Å²) < 4.78 is 1.93. The van der Waals surface area contributed by atoms with Crippen molar-refractivity contribution in [1.82, 2.24) is 14.7 Å². The highest BCUT2D eigenvalue weighted by Gasteiger charge is 2.49. The Labute approximate surface area is 147 Å². The van der Waals surface area contributed by atoms with Gasteiger partial charge in [0.2, 0.25) is 0 Å². The van der Waals surface area contributed by atoms with Crippen molar-refractivity contribution in [3.8, 4) is 17.3 Å². The predicted octanol–water partition coefficient (Wildman–Crippen LogP) is 2.58. The Bertz CT molecular complexity index is 935. The van der Waals surface area contributed by atoms with Gasteiger partial charge >= 0.3 is 0 Å². The highest BCUT2D eigenvalue weighted by atomic mass is 16.2. The molecule has 2 aliphatic rings. The van der Waals surface area contributed by atoms with Gasteiger partial charge in [0.05, 0.1) is 16.8 Å². The van der Waals surface area contributed by atoms with Crippen LogP contribution in [0.15, 0.2) is 42.0 Å². The number of carbonyl (C=O) groups excluding carboxylic acids is 1.